The van der Waals surface area contributed by atoms with Gasteiger partial charge in [0.1, 0.15) is 23.4 Å². The molecule has 0 unspecified atom stereocenters. The van der Waals surface area contributed by atoms with Gasteiger partial charge < -0.3 is 14.6 Å². The predicted molar refractivity (Wildman–Crippen MR) is 149 cm³/mol. The number of benzene rings is 2. The summed E-state index contributed by atoms with van der Waals surface area (Å²) >= 11 is 12.7. The van der Waals surface area contributed by atoms with E-state index in [1.165, 1.54) is 0 Å². The van der Waals surface area contributed by atoms with Gasteiger partial charge in [0.2, 0.25) is 5.91 Å². The van der Waals surface area contributed by atoms with Crippen molar-refractivity contribution in [1.29, 1.82) is 0 Å². The van der Waals surface area contributed by atoms with E-state index >= 15 is 0 Å². The van der Waals surface area contributed by atoms with Crippen LogP contribution in [0.1, 0.15) is 50.1 Å². The molecule has 0 saturated carbocycles. The Kier molecular flexibility index (Phi) is 6.45. The first-order valence-electron chi connectivity index (χ1n) is 12.6. The average Bonchev–Trinajstić information content (AvgIpc) is 3.52. The normalized spacial score (nSPS) is 15.3. The molecule has 5 aromatic rings. The van der Waals surface area contributed by atoms with Crippen molar-refractivity contribution in [2.24, 2.45) is 0 Å². The monoisotopic (exact) mass is 548 g/mol. The number of nitrogens with one attached hydrogen (secondary N) is 2. The highest BCUT2D eigenvalue weighted by Crippen LogP contribution is 2.36. The Balaban J connectivity index is 1.27. The second-order valence-electron chi connectivity index (χ2n) is 9.69. The van der Waals surface area contributed by atoms with Crippen molar-refractivity contribution in [1.82, 2.24) is 30.0 Å². The minimum Gasteiger partial charge on any atom is -0.486 e. The van der Waals surface area contributed by atoms with E-state index in [0.717, 1.165) is 64.9 Å². The summed E-state index contributed by atoms with van der Waals surface area (Å²) in [4.78, 5) is 26.0. The molecule has 1 amide bonds. The van der Waals surface area contributed by atoms with Gasteiger partial charge in [-0.05, 0) is 50.1 Å². The number of hydrogen-bond donors (Lipinski definition) is 2. The molecule has 2 aromatic carbocycles. The van der Waals surface area contributed by atoms with Crippen molar-refractivity contribution in [3.63, 3.8) is 0 Å². The zero-order valence-electron chi connectivity index (χ0n) is 21.0. The topological polar surface area (TPSA) is 99.8 Å². The molecule has 1 atom stereocenters. The Hall–Kier alpha value is -3.62. The molecule has 0 radical (unpaired) electrons. The molecule has 6 rings (SSSR count). The van der Waals surface area contributed by atoms with E-state index in [9.17, 15) is 4.79 Å². The zero-order valence-corrected chi connectivity index (χ0v) is 22.5. The fraction of sp³-hybridized carbons (Fsp3) is 0.286. The Bertz CT molecular complexity index is 1630. The summed E-state index contributed by atoms with van der Waals surface area (Å²) in [7, 11) is 0. The maximum Gasteiger partial charge on any atom is 0.219 e. The third kappa shape index (κ3) is 4.59. The summed E-state index contributed by atoms with van der Waals surface area (Å²) in [6.07, 6.45) is 4.58. The molecular formula is C28H26Cl2N6O2. The molecule has 1 saturated heterocycles. The van der Waals surface area contributed by atoms with Crippen LogP contribution in [0.15, 0.2) is 48.8 Å². The summed E-state index contributed by atoms with van der Waals surface area (Å²) in [5, 5.41) is 9.59. The standard InChI is InChI=1S/C28H26Cl2N6O2/c1-15(26-21(29)13-31-14-22(26)30)38-19-4-6-23-20(12-19)27(35-34-23)18-3-5-24-25(11-18)33-28(32-24)17-7-9-36(10-8-17)16(2)37/h3-6,11-15,17H,7-10H2,1-2H3,(H,32,33)(H,34,35)/t15-/m1/s1. The van der Waals surface area contributed by atoms with Crippen molar-refractivity contribution in [3.05, 3.63) is 70.2 Å². The summed E-state index contributed by atoms with van der Waals surface area (Å²) in [5.41, 5.74) is 5.28. The second kappa shape index (κ2) is 9.93. The van der Waals surface area contributed by atoms with Crippen LogP contribution in [-0.4, -0.2) is 49.0 Å². The Morgan fingerprint density at radius 1 is 1.08 bits per heavy atom. The molecular weight excluding hydrogens is 523 g/mol. The lowest BCUT2D eigenvalue weighted by atomic mass is 9.96. The smallest absolute Gasteiger partial charge is 0.219 e. The summed E-state index contributed by atoms with van der Waals surface area (Å²) in [5.74, 6) is 2.11. The third-order valence-corrected chi connectivity index (χ3v) is 7.85. The fourth-order valence-electron chi connectivity index (χ4n) is 5.20. The molecule has 2 N–H and O–H groups in total. The van der Waals surface area contributed by atoms with E-state index in [4.69, 9.17) is 32.9 Å². The first-order chi connectivity index (χ1) is 18.4. The Morgan fingerprint density at radius 3 is 2.58 bits per heavy atom. The molecule has 38 heavy (non-hydrogen) atoms. The number of amides is 1. The van der Waals surface area contributed by atoms with Crippen LogP contribution >= 0.6 is 23.2 Å². The molecule has 4 heterocycles. The van der Waals surface area contributed by atoms with E-state index in [1.807, 2.05) is 42.2 Å². The number of piperidine rings is 1. The number of carbonyl (C=O) groups is 1. The number of hydrogen-bond acceptors (Lipinski definition) is 5. The number of carbonyl (C=O) groups excluding carboxylic acids is 1. The largest absolute Gasteiger partial charge is 0.486 e. The summed E-state index contributed by atoms with van der Waals surface area (Å²) in [6.45, 7) is 5.07. The van der Waals surface area contributed by atoms with E-state index in [0.29, 0.717) is 27.3 Å². The van der Waals surface area contributed by atoms with Crippen LogP contribution in [0.5, 0.6) is 5.75 Å². The van der Waals surface area contributed by atoms with E-state index in [2.05, 4.69) is 26.2 Å². The van der Waals surface area contributed by atoms with Gasteiger partial charge >= 0.3 is 0 Å². The highest BCUT2D eigenvalue weighted by Gasteiger charge is 2.24. The first kappa shape index (κ1) is 24.7. The number of nitrogens with zero attached hydrogens (tertiary/aromatic N) is 4. The maximum atomic E-state index is 11.7. The predicted octanol–water partition coefficient (Wildman–Crippen LogP) is 6.67. The number of likely N-dealkylation sites (tertiary alicyclic amines) is 1. The number of rotatable bonds is 5. The van der Waals surface area contributed by atoms with E-state index in [1.54, 1.807) is 19.3 Å². The maximum absolute atomic E-state index is 11.7. The van der Waals surface area contributed by atoms with Gasteiger partial charge in [-0.15, -0.1) is 0 Å². The van der Waals surface area contributed by atoms with Crippen LogP contribution in [0, 0.1) is 0 Å². The lowest BCUT2D eigenvalue weighted by molar-refractivity contribution is -0.129. The van der Waals surface area contributed by atoms with Gasteiger partial charge in [-0.25, -0.2) is 4.98 Å². The highest BCUT2D eigenvalue weighted by atomic mass is 35.5. The molecule has 0 spiro atoms. The number of H-pyrrole nitrogens is 2. The summed E-state index contributed by atoms with van der Waals surface area (Å²) in [6, 6.07) is 12.0. The van der Waals surface area contributed by atoms with Crippen molar-refractivity contribution in [2.75, 3.05) is 13.1 Å². The number of ether oxygens (including phenoxy) is 1. The van der Waals surface area contributed by atoms with Crippen molar-refractivity contribution in [3.8, 4) is 17.0 Å². The second-order valence-corrected chi connectivity index (χ2v) is 10.5. The minimum absolute atomic E-state index is 0.136. The zero-order chi connectivity index (χ0) is 26.4. The van der Waals surface area contributed by atoms with Gasteiger partial charge in [0, 0.05) is 54.8 Å². The molecule has 3 aromatic heterocycles. The van der Waals surface area contributed by atoms with E-state index < -0.39 is 0 Å². The Morgan fingerprint density at radius 2 is 1.84 bits per heavy atom. The molecule has 194 valence electrons. The Labute approximate surface area is 229 Å². The first-order valence-corrected chi connectivity index (χ1v) is 13.3. The van der Waals surface area contributed by atoms with Crippen molar-refractivity contribution in [2.45, 2.75) is 38.7 Å². The lowest BCUT2D eigenvalue weighted by Gasteiger charge is -2.30. The van der Waals surface area contributed by atoms with Crippen LogP contribution < -0.4 is 4.74 Å². The van der Waals surface area contributed by atoms with Crippen molar-refractivity contribution < 1.29 is 9.53 Å². The molecule has 1 aliphatic heterocycles. The van der Waals surface area contributed by atoms with Crippen LogP contribution in [0.3, 0.4) is 0 Å². The number of imidazole rings is 1. The number of halogens is 2. The quantitative estimate of drug-likeness (QED) is 0.255. The lowest BCUT2D eigenvalue weighted by Crippen LogP contribution is -2.36. The van der Waals surface area contributed by atoms with Gasteiger partial charge in [0.05, 0.1) is 26.6 Å². The van der Waals surface area contributed by atoms with E-state index in [-0.39, 0.29) is 12.0 Å². The molecule has 1 aliphatic rings. The van der Waals surface area contributed by atoms with Gasteiger partial charge in [-0.3, -0.25) is 14.9 Å². The third-order valence-electron chi connectivity index (χ3n) is 7.24. The van der Waals surface area contributed by atoms with Gasteiger partial charge in [0.25, 0.3) is 0 Å². The number of aromatic nitrogens is 5. The molecule has 10 heteroatoms. The fourth-order valence-corrected chi connectivity index (χ4v) is 5.87. The number of pyridine rings is 1. The molecule has 8 nitrogen and oxygen atoms in total. The number of aromatic amines is 2. The summed E-state index contributed by atoms with van der Waals surface area (Å²) < 4.78 is 6.21. The van der Waals surface area contributed by atoms with Crippen LogP contribution in [0.2, 0.25) is 10.0 Å². The molecule has 1 fully saturated rings. The van der Waals surface area contributed by atoms with Crippen molar-refractivity contribution >= 4 is 51.0 Å². The van der Waals surface area contributed by atoms with Gasteiger partial charge in [-0.2, -0.15) is 5.10 Å². The van der Waals surface area contributed by atoms with Crippen LogP contribution in [0.25, 0.3) is 33.2 Å². The highest BCUT2D eigenvalue weighted by molar-refractivity contribution is 6.35. The average molecular weight is 549 g/mol. The molecule has 0 bridgehead atoms. The van der Waals surface area contributed by atoms with Crippen LogP contribution in [-0.2, 0) is 4.79 Å². The molecule has 0 aliphatic carbocycles. The minimum atomic E-state index is -0.368. The van der Waals surface area contributed by atoms with Gasteiger partial charge in [0.15, 0.2) is 0 Å². The number of fused-ring (bicyclic) bond motifs is 2. The van der Waals surface area contributed by atoms with Gasteiger partial charge in [-0.1, -0.05) is 29.3 Å². The van der Waals surface area contributed by atoms with Crippen LogP contribution in [0.4, 0.5) is 0 Å². The SMILES string of the molecule is CC(=O)N1CCC(c2nc3ccc(-c4n[nH]c5ccc(O[C@H](C)c6c(Cl)cncc6Cl)cc45)cc3[nH]2)CC1.